The van der Waals surface area contributed by atoms with Gasteiger partial charge in [0.15, 0.2) is 0 Å². The molecule has 2 fully saturated rings. The summed E-state index contributed by atoms with van der Waals surface area (Å²) in [5, 5.41) is 3.01. The van der Waals surface area contributed by atoms with Gasteiger partial charge in [-0.15, -0.1) is 24.8 Å². The first-order valence-electron chi connectivity index (χ1n) is 7.51. The third kappa shape index (κ3) is 6.70. The van der Waals surface area contributed by atoms with E-state index in [0.29, 0.717) is 6.54 Å². The molecule has 5 nitrogen and oxygen atoms in total. The highest BCUT2D eigenvalue weighted by Crippen LogP contribution is 2.20. The number of ether oxygens (including phenoxy) is 1. The van der Waals surface area contributed by atoms with Gasteiger partial charge in [-0.1, -0.05) is 0 Å². The summed E-state index contributed by atoms with van der Waals surface area (Å²) in [5.74, 6) is 0.807. The second-order valence-corrected chi connectivity index (χ2v) is 5.89. The Morgan fingerprint density at radius 2 is 1.90 bits per heavy atom. The van der Waals surface area contributed by atoms with Gasteiger partial charge in [0.2, 0.25) is 5.91 Å². The number of nitrogens with one attached hydrogen (secondary N) is 1. The summed E-state index contributed by atoms with van der Waals surface area (Å²) in [6.07, 6.45) is 5.11. The predicted octanol–water partition coefficient (Wildman–Crippen LogP) is 1.18. The number of hydrogen-bond donors (Lipinski definition) is 2. The highest BCUT2D eigenvalue weighted by Gasteiger charge is 2.29. The molecule has 7 heteroatoms. The number of amides is 1. The standard InChI is InChI=1S/C14H27N3O2.2ClH/c1-17-8-5-11(6-9-17)4-7-16-14(18)13-3-2-12(10-15)19-13;;/h11-13H,2-10,15H2,1H3,(H,16,18);2*1H/t12-,13+;;/m1../s1. The first-order chi connectivity index (χ1) is 9.19. The molecule has 2 aliphatic heterocycles. The minimum Gasteiger partial charge on any atom is -0.364 e. The van der Waals surface area contributed by atoms with Crippen LogP contribution in [-0.2, 0) is 9.53 Å². The second kappa shape index (κ2) is 10.6. The van der Waals surface area contributed by atoms with Crippen LogP contribution in [-0.4, -0.2) is 56.2 Å². The van der Waals surface area contributed by atoms with Gasteiger partial charge in [-0.25, -0.2) is 0 Å². The molecule has 1 amide bonds. The SMILES string of the molecule is CN1CCC(CCNC(=O)[C@@H]2CC[C@H](CN)O2)CC1.Cl.Cl. The zero-order chi connectivity index (χ0) is 13.7. The van der Waals surface area contributed by atoms with Crippen LogP contribution in [0.2, 0.25) is 0 Å². The molecule has 2 heterocycles. The number of halogens is 2. The van der Waals surface area contributed by atoms with Crippen molar-refractivity contribution in [1.82, 2.24) is 10.2 Å². The molecule has 0 aromatic rings. The van der Waals surface area contributed by atoms with Crippen LogP contribution >= 0.6 is 24.8 Å². The lowest BCUT2D eigenvalue weighted by molar-refractivity contribution is -0.131. The van der Waals surface area contributed by atoms with E-state index in [1.165, 1.54) is 25.9 Å². The summed E-state index contributed by atoms with van der Waals surface area (Å²) in [4.78, 5) is 14.3. The summed E-state index contributed by atoms with van der Waals surface area (Å²) in [6.45, 7) is 3.66. The third-order valence-electron chi connectivity index (χ3n) is 4.35. The summed E-state index contributed by atoms with van der Waals surface area (Å²) in [5.41, 5.74) is 5.54. The largest absolute Gasteiger partial charge is 0.364 e. The molecule has 0 bridgehead atoms. The van der Waals surface area contributed by atoms with E-state index in [-0.39, 0.29) is 42.9 Å². The highest BCUT2D eigenvalue weighted by molar-refractivity contribution is 5.85. The topological polar surface area (TPSA) is 67.6 Å². The molecular weight excluding hydrogens is 313 g/mol. The molecule has 3 N–H and O–H groups in total. The van der Waals surface area contributed by atoms with Gasteiger partial charge in [0.05, 0.1) is 6.10 Å². The molecule has 2 saturated heterocycles. The molecule has 0 saturated carbocycles. The van der Waals surface area contributed by atoms with E-state index >= 15 is 0 Å². The maximum absolute atomic E-state index is 11.9. The van der Waals surface area contributed by atoms with Gasteiger partial charge in [-0.2, -0.15) is 0 Å². The Morgan fingerprint density at radius 3 is 2.48 bits per heavy atom. The van der Waals surface area contributed by atoms with Crippen molar-refractivity contribution >= 4 is 30.7 Å². The zero-order valence-electron chi connectivity index (χ0n) is 12.8. The maximum atomic E-state index is 11.9. The van der Waals surface area contributed by atoms with Crippen molar-refractivity contribution in [1.29, 1.82) is 0 Å². The van der Waals surface area contributed by atoms with Crippen LogP contribution in [0.4, 0.5) is 0 Å². The summed E-state index contributed by atoms with van der Waals surface area (Å²) >= 11 is 0. The molecule has 0 aromatic heterocycles. The highest BCUT2D eigenvalue weighted by atomic mass is 35.5. The number of nitrogens with zero attached hydrogens (tertiary/aromatic N) is 1. The van der Waals surface area contributed by atoms with Gasteiger partial charge in [-0.3, -0.25) is 4.79 Å². The van der Waals surface area contributed by atoms with Crippen molar-refractivity contribution in [3.63, 3.8) is 0 Å². The lowest BCUT2D eigenvalue weighted by Gasteiger charge is -2.29. The predicted molar refractivity (Wildman–Crippen MR) is 89.3 cm³/mol. The number of piperidine rings is 1. The second-order valence-electron chi connectivity index (χ2n) is 5.89. The summed E-state index contributed by atoms with van der Waals surface area (Å²) in [6, 6.07) is 0. The van der Waals surface area contributed by atoms with Crippen molar-refractivity contribution < 1.29 is 9.53 Å². The average molecular weight is 342 g/mol. The lowest BCUT2D eigenvalue weighted by Crippen LogP contribution is -2.37. The number of hydrogen-bond acceptors (Lipinski definition) is 4. The molecule has 0 unspecified atom stereocenters. The number of carbonyl (C=O) groups is 1. The quantitative estimate of drug-likeness (QED) is 0.788. The Bertz CT molecular complexity index is 300. The molecule has 21 heavy (non-hydrogen) atoms. The van der Waals surface area contributed by atoms with E-state index in [1.54, 1.807) is 0 Å². The maximum Gasteiger partial charge on any atom is 0.249 e. The minimum atomic E-state index is -0.272. The van der Waals surface area contributed by atoms with Crippen molar-refractivity contribution in [2.45, 2.75) is 44.3 Å². The normalized spacial score (nSPS) is 26.8. The third-order valence-corrected chi connectivity index (χ3v) is 4.35. The Hall–Kier alpha value is -0.0700. The summed E-state index contributed by atoms with van der Waals surface area (Å²) < 4.78 is 5.59. The van der Waals surface area contributed by atoms with Crippen molar-refractivity contribution in [2.24, 2.45) is 11.7 Å². The fourth-order valence-corrected chi connectivity index (χ4v) is 2.94. The zero-order valence-corrected chi connectivity index (χ0v) is 14.4. The van der Waals surface area contributed by atoms with Gasteiger partial charge >= 0.3 is 0 Å². The van der Waals surface area contributed by atoms with Crippen LogP contribution in [0, 0.1) is 5.92 Å². The Balaban J connectivity index is 0.00000200. The number of nitrogens with two attached hydrogens (primary N) is 1. The first-order valence-corrected chi connectivity index (χ1v) is 7.51. The van der Waals surface area contributed by atoms with Gasteiger partial charge < -0.3 is 20.7 Å². The fraction of sp³-hybridized carbons (Fsp3) is 0.929. The van der Waals surface area contributed by atoms with Crippen molar-refractivity contribution in [3.8, 4) is 0 Å². The van der Waals surface area contributed by atoms with E-state index in [9.17, 15) is 4.79 Å². The Kier molecular flexibility index (Phi) is 10.6. The number of rotatable bonds is 5. The van der Waals surface area contributed by atoms with Crippen molar-refractivity contribution in [3.05, 3.63) is 0 Å². The van der Waals surface area contributed by atoms with Crippen LogP contribution in [0.1, 0.15) is 32.1 Å². The molecule has 2 atom stereocenters. The van der Waals surface area contributed by atoms with Crippen LogP contribution in [0.5, 0.6) is 0 Å². The minimum absolute atomic E-state index is 0. The first kappa shape index (κ1) is 20.9. The molecule has 0 aromatic carbocycles. The van der Waals surface area contributed by atoms with E-state index in [2.05, 4.69) is 17.3 Å². The number of carbonyl (C=O) groups excluding carboxylic acids is 1. The molecule has 0 aliphatic carbocycles. The van der Waals surface area contributed by atoms with Gasteiger partial charge in [0.1, 0.15) is 6.10 Å². The Labute approximate surface area is 140 Å². The van der Waals surface area contributed by atoms with Crippen molar-refractivity contribution in [2.75, 3.05) is 33.2 Å². The molecule has 0 spiro atoms. The van der Waals surface area contributed by atoms with Gasteiger partial charge in [-0.05, 0) is 58.2 Å². The Morgan fingerprint density at radius 1 is 1.24 bits per heavy atom. The smallest absolute Gasteiger partial charge is 0.249 e. The summed E-state index contributed by atoms with van der Waals surface area (Å²) in [7, 11) is 2.17. The molecule has 2 aliphatic rings. The van der Waals surface area contributed by atoms with E-state index in [4.69, 9.17) is 10.5 Å². The molecular formula is C14H29Cl2N3O2. The average Bonchev–Trinajstić information content (AvgIpc) is 2.90. The van der Waals surface area contributed by atoms with Crippen LogP contribution in [0.25, 0.3) is 0 Å². The molecule has 2 rings (SSSR count). The van der Waals surface area contributed by atoms with Gasteiger partial charge in [0.25, 0.3) is 0 Å². The molecule has 0 radical (unpaired) electrons. The van der Waals surface area contributed by atoms with E-state index in [1.807, 2.05) is 0 Å². The number of likely N-dealkylation sites (tertiary alicyclic amines) is 1. The van der Waals surface area contributed by atoms with Crippen LogP contribution in [0.3, 0.4) is 0 Å². The fourth-order valence-electron chi connectivity index (χ4n) is 2.94. The molecule has 126 valence electrons. The lowest BCUT2D eigenvalue weighted by atomic mass is 9.94. The van der Waals surface area contributed by atoms with Crippen LogP contribution in [0.15, 0.2) is 0 Å². The van der Waals surface area contributed by atoms with Gasteiger partial charge in [0, 0.05) is 13.1 Å². The monoisotopic (exact) mass is 341 g/mol. The van der Waals surface area contributed by atoms with Crippen LogP contribution < -0.4 is 11.1 Å². The van der Waals surface area contributed by atoms with E-state index < -0.39 is 0 Å². The van der Waals surface area contributed by atoms with E-state index in [0.717, 1.165) is 31.7 Å².